The van der Waals surface area contributed by atoms with Crippen LogP contribution in [-0.2, 0) is 13.6 Å². The fourth-order valence-electron chi connectivity index (χ4n) is 1.45. The van der Waals surface area contributed by atoms with Gasteiger partial charge in [0.15, 0.2) is 0 Å². The molecule has 0 saturated heterocycles. The van der Waals surface area contributed by atoms with Crippen LogP contribution in [0.25, 0.3) is 0 Å². The lowest BCUT2D eigenvalue weighted by molar-refractivity contribution is 0.475. The first-order valence-electron chi connectivity index (χ1n) is 4.88. The van der Waals surface area contributed by atoms with Crippen molar-refractivity contribution in [1.82, 2.24) is 4.57 Å². The zero-order valence-corrected chi connectivity index (χ0v) is 8.64. The number of nitrogens with zero attached hydrogens (tertiary/aromatic N) is 1. The summed E-state index contributed by atoms with van der Waals surface area (Å²) >= 11 is 0. The molecule has 1 aromatic heterocycles. The Kier molecular flexibility index (Phi) is 2.63. The maximum Gasteiger partial charge on any atom is 0.115 e. The predicted octanol–water partition coefficient (Wildman–Crippen LogP) is 2.34. The molecule has 2 aromatic rings. The number of rotatable bonds is 3. The smallest absolute Gasteiger partial charge is 0.115 e. The monoisotopic (exact) mass is 202 g/mol. The van der Waals surface area contributed by atoms with Crippen molar-refractivity contribution in [3.63, 3.8) is 0 Å². The topological polar surface area (TPSA) is 37.2 Å². The highest BCUT2D eigenvalue weighted by Gasteiger charge is 1.95. The van der Waals surface area contributed by atoms with Crippen LogP contribution in [0.3, 0.4) is 0 Å². The maximum atomic E-state index is 9.11. The predicted molar refractivity (Wildman–Crippen MR) is 60.8 cm³/mol. The Morgan fingerprint density at radius 3 is 2.53 bits per heavy atom. The number of hydrogen-bond donors (Lipinski definition) is 2. The van der Waals surface area contributed by atoms with E-state index < -0.39 is 0 Å². The molecule has 1 aromatic carbocycles. The Labute approximate surface area is 89.0 Å². The van der Waals surface area contributed by atoms with Gasteiger partial charge in [-0.05, 0) is 35.9 Å². The van der Waals surface area contributed by atoms with Crippen molar-refractivity contribution < 1.29 is 5.11 Å². The number of phenolic OH excluding ortho intramolecular Hbond substituents is 1. The lowest BCUT2D eigenvalue weighted by Gasteiger charge is -2.04. The summed E-state index contributed by atoms with van der Waals surface area (Å²) in [6.45, 7) is 0.797. The molecule has 0 aliphatic carbocycles. The van der Waals surface area contributed by atoms with Crippen LogP contribution in [0, 0.1) is 0 Å². The summed E-state index contributed by atoms with van der Waals surface area (Å²) in [5.41, 5.74) is 2.25. The first-order chi connectivity index (χ1) is 7.24. The Bertz CT molecular complexity index is 431. The van der Waals surface area contributed by atoms with E-state index in [4.69, 9.17) is 5.11 Å². The quantitative estimate of drug-likeness (QED) is 0.750. The van der Waals surface area contributed by atoms with E-state index in [1.54, 1.807) is 12.1 Å². The molecule has 2 rings (SSSR count). The van der Waals surface area contributed by atoms with Gasteiger partial charge in [-0.1, -0.05) is 0 Å². The second kappa shape index (κ2) is 4.09. The molecule has 0 bridgehead atoms. The minimum atomic E-state index is 0.292. The van der Waals surface area contributed by atoms with E-state index in [0.717, 1.165) is 12.2 Å². The van der Waals surface area contributed by atoms with Gasteiger partial charge in [0, 0.05) is 31.7 Å². The van der Waals surface area contributed by atoms with Crippen LogP contribution in [0.15, 0.2) is 42.7 Å². The minimum absolute atomic E-state index is 0.292. The number of anilines is 1. The van der Waals surface area contributed by atoms with Crippen molar-refractivity contribution in [2.24, 2.45) is 7.05 Å². The summed E-state index contributed by atoms with van der Waals surface area (Å²) in [4.78, 5) is 0. The second-order valence-electron chi connectivity index (χ2n) is 3.59. The van der Waals surface area contributed by atoms with E-state index in [-0.39, 0.29) is 0 Å². The third-order valence-corrected chi connectivity index (χ3v) is 2.26. The molecule has 0 aliphatic heterocycles. The van der Waals surface area contributed by atoms with Gasteiger partial charge in [0.05, 0.1) is 0 Å². The van der Waals surface area contributed by atoms with Crippen molar-refractivity contribution >= 4 is 5.69 Å². The summed E-state index contributed by atoms with van der Waals surface area (Å²) in [5, 5.41) is 12.4. The normalized spacial score (nSPS) is 10.2. The molecule has 0 aliphatic rings. The molecule has 0 amide bonds. The van der Waals surface area contributed by atoms with Crippen LogP contribution < -0.4 is 5.32 Å². The van der Waals surface area contributed by atoms with E-state index in [1.807, 2.05) is 29.9 Å². The minimum Gasteiger partial charge on any atom is -0.508 e. The largest absolute Gasteiger partial charge is 0.508 e. The first-order valence-corrected chi connectivity index (χ1v) is 4.88. The highest BCUT2D eigenvalue weighted by atomic mass is 16.3. The van der Waals surface area contributed by atoms with E-state index in [9.17, 15) is 0 Å². The van der Waals surface area contributed by atoms with E-state index in [2.05, 4.69) is 17.6 Å². The van der Waals surface area contributed by atoms with Crippen LogP contribution in [0.2, 0.25) is 0 Å². The Morgan fingerprint density at radius 1 is 1.20 bits per heavy atom. The molecular formula is C12H14N2O. The van der Waals surface area contributed by atoms with Crippen molar-refractivity contribution in [3.8, 4) is 5.75 Å². The van der Waals surface area contributed by atoms with Crippen LogP contribution in [-0.4, -0.2) is 9.67 Å². The Balaban J connectivity index is 1.96. The van der Waals surface area contributed by atoms with Gasteiger partial charge in [-0.3, -0.25) is 0 Å². The number of aromatic hydroxyl groups is 1. The molecule has 0 spiro atoms. The molecule has 0 atom stereocenters. The highest BCUT2D eigenvalue weighted by Crippen LogP contribution is 2.14. The molecule has 15 heavy (non-hydrogen) atoms. The zero-order valence-electron chi connectivity index (χ0n) is 8.64. The van der Waals surface area contributed by atoms with E-state index in [1.165, 1.54) is 5.56 Å². The van der Waals surface area contributed by atoms with Gasteiger partial charge >= 0.3 is 0 Å². The molecule has 3 nitrogen and oxygen atoms in total. The fraction of sp³-hybridized carbons (Fsp3) is 0.167. The van der Waals surface area contributed by atoms with Gasteiger partial charge in [0.25, 0.3) is 0 Å². The Hall–Kier alpha value is -1.90. The zero-order chi connectivity index (χ0) is 10.7. The van der Waals surface area contributed by atoms with Gasteiger partial charge < -0.3 is 15.0 Å². The number of aryl methyl sites for hydroxylation is 1. The summed E-state index contributed by atoms with van der Waals surface area (Å²) in [6.07, 6.45) is 4.10. The number of hydrogen-bond acceptors (Lipinski definition) is 2. The van der Waals surface area contributed by atoms with Gasteiger partial charge in [0.1, 0.15) is 5.75 Å². The van der Waals surface area contributed by atoms with Crippen LogP contribution in [0.1, 0.15) is 5.56 Å². The average molecular weight is 202 g/mol. The third kappa shape index (κ3) is 2.53. The first kappa shape index (κ1) is 9.65. The molecule has 1 heterocycles. The molecule has 0 saturated carbocycles. The number of benzene rings is 1. The van der Waals surface area contributed by atoms with Crippen LogP contribution in [0.4, 0.5) is 5.69 Å². The lowest BCUT2D eigenvalue weighted by Crippen LogP contribution is -1.97. The summed E-state index contributed by atoms with van der Waals surface area (Å²) in [5.74, 6) is 0.292. The fourth-order valence-corrected chi connectivity index (χ4v) is 1.45. The van der Waals surface area contributed by atoms with Crippen LogP contribution >= 0.6 is 0 Å². The van der Waals surface area contributed by atoms with Gasteiger partial charge in [-0.2, -0.15) is 0 Å². The molecule has 0 radical (unpaired) electrons. The van der Waals surface area contributed by atoms with Gasteiger partial charge in [-0.15, -0.1) is 0 Å². The molecule has 3 heteroatoms. The number of nitrogens with one attached hydrogen (secondary N) is 1. The number of aromatic nitrogens is 1. The van der Waals surface area contributed by atoms with Crippen molar-refractivity contribution in [2.45, 2.75) is 6.54 Å². The molecule has 0 fully saturated rings. The average Bonchev–Trinajstić information content (AvgIpc) is 2.64. The summed E-state index contributed by atoms with van der Waals surface area (Å²) in [6, 6.07) is 9.14. The number of phenols is 1. The van der Waals surface area contributed by atoms with Crippen molar-refractivity contribution in [1.29, 1.82) is 0 Å². The molecule has 0 unspecified atom stereocenters. The second-order valence-corrected chi connectivity index (χ2v) is 3.59. The van der Waals surface area contributed by atoms with E-state index >= 15 is 0 Å². The standard InChI is InChI=1S/C12H14N2O/c1-14-7-6-10(9-14)8-13-11-2-4-12(15)5-3-11/h2-7,9,13,15H,8H2,1H3. The molecular weight excluding hydrogens is 188 g/mol. The van der Waals surface area contributed by atoms with Gasteiger partial charge in [-0.25, -0.2) is 0 Å². The summed E-state index contributed by atoms with van der Waals surface area (Å²) in [7, 11) is 2.00. The third-order valence-electron chi connectivity index (χ3n) is 2.26. The lowest BCUT2D eigenvalue weighted by atomic mass is 10.3. The van der Waals surface area contributed by atoms with Crippen molar-refractivity contribution in [3.05, 3.63) is 48.3 Å². The maximum absolute atomic E-state index is 9.11. The SMILES string of the molecule is Cn1ccc(CNc2ccc(O)cc2)c1. The van der Waals surface area contributed by atoms with Crippen LogP contribution in [0.5, 0.6) is 5.75 Å². The van der Waals surface area contributed by atoms with Gasteiger partial charge in [0.2, 0.25) is 0 Å². The molecule has 78 valence electrons. The van der Waals surface area contributed by atoms with Crippen molar-refractivity contribution in [2.75, 3.05) is 5.32 Å². The Morgan fingerprint density at radius 2 is 1.93 bits per heavy atom. The molecule has 2 N–H and O–H groups in total. The summed E-state index contributed by atoms with van der Waals surface area (Å²) < 4.78 is 2.02. The highest BCUT2D eigenvalue weighted by molar-refractivity contribution is 5.46. The van der Waals surface area contributed by atoms with E-state index in [0.29, 0.717) is 5.75 Å².